The van der Waals surface area contributed by atoms with Crippen molar-refractivity contribution >= 4 is 68.9 Å². The second kappa shape index (κ2) is 11.0. The van der Waals surface area contributed by atoms with E-state index in [1.54, 1.807) is 42.5 Å². The Labute approximate surface area is 220 Å². The van der Waals surface area contributed by atoms with Gasteiger partial charge in [-0.15, -0.1) is 0 Å². The zero-order valence-corrected chi connectivity index (χ0v) is 21.9. The van der Waals surface area contributed by atoms with Gasteiger partial charge >= 0.3 is 0 Å². The first kappa shape index (κ1) is 24.8. The molecule has 1 aliphatic heterocycles. The standard InChI is InChI=1S/C26H21IN2O5S/c1-16-8-10-18(11-9-16)28-23(30)15-34-24-20(27)12-17(13-21(24)33-2)14-22-25(31)29(26(32)35-22)19-6-4-3-5-7-19/h3-14H,15H2,1-2H3,(H,28,30)/b22-14+. The number of amides is 3. The molecule has 0 radical (unpaired) electrons. The van der Waals surface area contributed by atoms with Gasteiger partial charge in [0.05, 0.1) is 21.3 Å². The first-order chi connectivity index (χ1) is 16.9. The summed E-state index contributed by atoms with van der Waals surface area (Å²) in [7, 11) is 1.50. The summed E-state index contributed by atoms with van der Waals surface area (Å²) >= 11 is 2.97. The molecule has 3 amide bonds. The number of para-hydroxylation sites is 1. The summed E-state index contributed by atoms with van der Waals surface area (Å²) in [6.45, 7) is 1.77. The molecule has 1 aliphatic rings. The number of anilines is 2. The molecule has 1 saturated heterocycles. The molecule has 178 valence electrons. The van der Waals surface area contributed by atoms with Crippen molar-refractivity contribution < 1.29 is 23.9 Å². The van der Waals surface area contributed by atoms with Gasteiger partial charge in [-0.2, -0.15) is 0 Å². The Kier molecular flexibility index (Phi) is 7.76. The lowest BCUT2D eigenvalue weighted by Crippen LogP contribution is -2.27. The number of hydrogen-bond donors (Lipinski definition) is 1. The minimum atomic E-state index is -0.381. The van der Waals surface area contributed by atoms with Gasteiger partial charge in [0.25, 0.3) is 17.1 Å². The van der Waals surface area contributed by atoms with Crippen LogP contribution in [0.25, 0.3) is 6.08 Å². The van der Waals surface area contributed by atoms with Crippen molar-refractivity contribution in [1.82, 2.24) is 0 Å². The van der Waals surface area contributed by atoms with Crippen molar-refractivity contribution in [2.45, 2.75) is 6.92 Å². The van der Waals surface area contributed by atoms with E-state index < -0.39 is 0 Å². The van der Waals surface area contributed by atoms with Crippen molar-refractivity contribution in [2.75, 3.05) is 23.9 Å². The molecule has 0 atom stereocenters. The number of ether oxygens (including phenoxy) is 2. The summed E-state index contributed by atoms with van der Waals surface area (Å²) in [5, 5.41) is 2.44. The van der Waals surface area contributed by atoms with Crippen molar-refractivity contribution in [3.05, 3.63) is 86.3 Å². The SMILES string of the molecule is COc1cc(/C=C2/SC(=O)N(c3ccccc3)C2=O)cc(I)c1OCC(=O)Nc1ccc(C)cc1. The highest BCUT2D eigenvalue weighted by molar-refractivity contribution is 14.1. The number of aryl methyl sites for hydroxylation is 1. The molecule has 1 fully saturated rings. The number of nitrogens with zero attached hydrogens (tertiary/aromatic N) is 1. The van der Waals surface area contributed by atoms with E-state index in [0.717, 1.165) is 22.2 Å². The summed E-state index contributed by atoms with van der Waals surface area (Å²) in [5.74, 6) is 0.147. The van der Waals surface area contributed by atoms with Crippen molar-refractivity contribution in [2.24, 2.45) is 0 Å². The van der Waals surface area contributed by atoms with Gasteiger partial charge in [-0.1, -0.05) is 35.9 Å². The molecule has 0 bridgehead atoms. The van der Waals surface area contributed by atoms with E-state index >= 15 is 0 Å². The highest BCUT2D eigenvalue weighted by Gasteiger charge is 2.36. The number of thioether (sulfide) groups is 1. The predicted molar refractivity (Wildman–Crippen MR) is 146 cm³/mol. The Bertz CT molecular complexity index is 1310. The first-order valence-electron chi connectivity index (χ1n) is 10.6. The molecule has 9 heteroatoms. The third kappa shape index (κ3) is 5.85. The fourth-order valence-electron chi connectivity index (χ4n) is 3.35. The van der Waals surface area contributed by atoms with Gasteiger partial charge in [0.2, 0.25) is 0 Å². The largest absolute Gasteiger partial charge is 0.493 e. The molecule has 0 aromatic heterocycles. The molecule has 0 saturated carbocycles. The van der Waals surface area contributed by atoms with Gasteiger partial charge in [0.15, 0.2) is 18.1 Å². The summed E-state index contributed by atoms with van der Waals surface area (Å²) in [4.78, 5) is 39.1. The van der Waals surface area contributed by atoms with Crippen molar-refractivity contribution in [1.29, 1.82) is 0 Å². The maximum atomic E-state index is 12.9. The van der Waals surface area contributed by atoms with Gasteiger partial charge in [-0.05, 0) is 89.3 Å². The second-order valence-electron chi connectivity index (χ2n) is 7.59. The Morgan fingerprint density at radius 2 is 1.80 bits per heavy atom. The first-order valence-corrected chi connectivity index (χ1v) is 12.4. The number of benzene rings is 3. The number of imide groups is 1. The maximum absolute atomic E-state index is 12.9. The van der Waals surface area contributed by atoms with Crippen LogP contribution in [-0.4, -0.2) is 30.8 Å². The van der Waals surface area contributed by atoms with Crippen LogP contribution in [0, 0.1) is 10.5 Å². The summed E-state index contributed by atoms with van der Waals surface area (Å²) in [5.41, 5.74) is 2.98. The van der Waals surface area contributed by atoms with Gasteiger partial charge in [0.1, 0.15) is 0 Å². The molecule has 0 unspecified atom stereocenters. The number of carbonyl (C=O) groups excluding carboxylic acids is 3. The molecule has 4 rings (SSSR count). The number of nitrogens with one attached hydrogen (secondary N) is 1. The molecule has 35 heavy (non-hydrogen) atoms. The normalized spacial score (nSPS) is 14.4. The minimum Gasteiger partial charge on any atom is -0.493 e. The fraction of sp³-hybridized carbons (Fsp3) is 0.115. The Morgan fingerprint density at radius 1 is 1.09 bits per heavy atom. The van der Waals surface area contributed by atoms with Crippen LogP contribution in [0.4, 0.5) is 16.2 Å². The van der Waals surface area contributed by atoms with E-state index in [9.17, 15) is 14.4 Å². The summed E-state index contributed by atoms with van der Waals surface area (Å²) < 4.78 is 11.9. The number of carbonyl (C=O) groups is 3. The highest BCUT2D eigenvalue weighted by Crippen LogP contribution is 2.38. The van der Waals surface area contributed by atoms with Crippen LogP contribution in [0.15, 0.2) is 71.6 Å². The monoisotopic (exact) mass is 600 g/mol. The summed E-state index contributed by atoms with van der Waals surface area (Å²) in [6.07, 6.45) is 1.65. The predicted octanol–water partition coefficient (Wildman–Crippen LogP) is 5.87. The zero-order valence-electron chi connectivity index (χ0n) is 18.9. The van der Waals surface area contributed by atoms with E-state index in [2.05, 4.69) is 27.9 Å². The zero-order chi connectivity index (χ0) is 24.9. The molecule has 1 heterocycles. The Morgan fingerprint density at radius 3 is 2.49 bits per heavy atom. The smallest absolute Gasteiger partial charge is 0.298 e. The molecular weight excluding hydrogens is 579 g/mol. The third-order valence-electron chi connectivity index (χ3n) is 5.04. The Hall–Kier alpha value is -3.31. The molecule has 3 aromatic carbocycles. The lowest BCUT2D eigenvalue weighted by atomic mass is 10.1. The lowest BCUT2D eigenvalue weighted by molar-refractivity contribution is -0.118. The van der Waals surface area contributed by atoms with Gasteiger partial charge in [-0.25, -0.2) is 4.90 Å². The van der Waals surface area contributed by atoms with Crippen LogP contribution < -0.4 is 19.7 Å². The van der Waals surface area contributed by atoms with Crippen LogP contribution in [0.2, 0.25) is 0 Å². The number of halogens is 1. The highest BCUT2D eigenvalue weighted by atomic mass is 127. The average molecular weight is 600 g/mol. The van der Waals surface area contributed by atoms with E-state index in [0.29, 0.717) is 36.9 Å². The van der Waals surface area contributed by atoms with Crippen LogP contribution in [-0.2, 0) is 9.59 Å². The van der Waals surface area contributed by atoms with Gasteiger partial charge in [0, 0.05) is 5.69 Å². The number of methoxy groups -OCH3 is 1. The Balaban J connectivity index is 1.49. The fourth-order valence-corrected chi connectivity index (χ4v) is 4.98. The molecule has 0 aliphatic carbocycles. The topological polar surface area (TPSA) is 84.9 Å². The molecule has 3 aromatic rings. The molecule has 7 nitrogen and oxygen atoms in total. The van der Waals surface area contributed by atoms with E-state index in [1.807, 2.05) is 37.3 Å². The lowest BCUT2D eigenvalue weighted by Gasteiger charge is -2.14. The van der Waals surface area contributed by atoms with Crippen molar-refractivity contribution in [3.63, 3.8) is 0 Å². The minimum absolute atomic E-state index is 0.199. The van der Waals surface area contributed by atoms with Crippen LogP contribution in [0.5, 0.6) is 11.5 Å². The van der Waals surface area contributed by atoms with Crippen LogP contribution in [0.1, 0.15) is 11.1 Å². The van der Waals surface area contributed by atoms with Crippen LogP contribution >= 0.6 is 34.4 Å². The van der Waals surface area contributed by atoms with E-state index in [1.165, 1.54) is 7.11 Å². The third-order valence-corrected chi connectivity index (χ3v) is 6.71. The average Bonchev–Trinajstić information content (AvgIpc) is 3.12. The molecular formula is C26H21IN2O5S. The van der Waals surface area contributed by atoms with Gasteiger partial charge in [-0.3, -0.25) is 14.4 Å². The molecule has 0 spiro atoms. The van der Waals surface area contributed by atoms with E-state index in [4.69, 9.17) is 9.47 Å². The van der Waals surface area contributed by atoms with Crippen LogP contribution in [0.3, 0.4) is 0 Å². The van der Waals surface area contributed by atoms with E-state index in [-0.39, 0.29) is 23.7 Å². The number of rotatable bonds is 7. The summed E-state index contributed by atoms with van der Waals surface area (Å²) in [6, 6.07) is 19.8. The maximum Gasteiger partial charge on any atom is 0.298 e. The van der Waals surface area contributed by atoms with Crippen molar-refractivity contribution in [3.8, 4) is 11.5 Å². The van der Waals surface area contributed by atoms with Gasteiger partial charge < -0.3 is 14.8 Å². The molecule has 1 N–H and O–H groups in total. The number of hydrogen-bond acceptors (Lipinski definition) is 6. The second-order valence-corrected chi connectivity index (χ2v) is 9.75. The quantitative estimate of drug-likeness (QED) is 0.270.